The van der Waals surface area contributed by atoms with Gasteiger partial charge in [-0.05, 0) is 31.5 Å². The van der Waals surface area contributed by atoms with Gasteiger partial charge in [-0.25, -0.2) is 9.37 Å². The van der Waals surface area contributed by atoms with Crippen LogP contribution < -0.4 is 10.2 Å². The second-order valence-corrected chi connectivity index (χ2v) is 4.66. The number of nitrogens with one attached hydrogen (secondary N) is 1. The maximum atomic E-state index is 13.3. The van der Waals surface area contributed by atoms with Gasteiger partial charge in [-0.15, -0.1) is 0 Å². The third kappa shape index (κ3) is 3.44. The van der Waals surface area contributed by atoms with E-state index in [4.69, 9.17) is 0 Å². The van der Waals surface area contributed by atoms with Crippen molar-refractivity contribution in [2.24, 2.45) is 0 Å². The zero-order valence-corrected chi connectivity index (χ0v) is 12.0. The van der Waals surface area contributed by atoms with Crippen molar-refractivity contribution < 1.29 is 4.39 Å². The van der Waals surface area contributed by atoms with Gasteiger partial charge < -0.3 is 10.2 Å². The number of halogens is 1. The highest BCUT2D eigenvalue weighted by Gasteiger charge is 2.09. The van der Waals surface area contributed by atoms with Gasteiger partial charge in [0, 0.05) is 31.0 Å². The van der Waals surface area contributed by atoms with Crippen LogP contribution in [0.3, 0.4) is 0 Å². The third-order valence-electron chi connectivity index (χ3n) is 2.91. The first-order chi connectivity index (χ1) is 9.60. The maximum absolute atomic E-state index is 13.3. The van der Waals surface area contributed by atoms with E-state index < -0.39 is 0 Å². The quantitative estimate of drug-likeness (QED) is 0.905. The molecule has 5 heteroatoms. The van der Waals surface area contributed by atoms with E-state index in [0.717, 1.165) is 30.2 Å². The number of aromatic nitrogens is 2. The van der Waals surface area contributed by atoms with Crippen molar-refractivity contribution in [2.45, 2.75) is 20.3 Å². The summed E-state index contributed by atoms with van der Waals surface area (Å²) in [7, 11) is 1.86. The Morgan fingerprint density at radius 2 is 2.05 bits per heavy atom. The van der Waals surface area contributed by atoms with E-state index in [1.165, 1.54) is 12.1 Å². The molecule has 0 amide bonds. The predicted molar refractivity (Wildman–Crippen MR) is 80.0 cm³/mol. The second-order valence-electron chi connectivity index (χ2n) is 4.66. The van der Waals surface area contributed by atoms with Crippen molar-refractivity contribution in [3.63, 3.8) is 0 Å². The summed E-state index contributed by atoms with van der Waals surface area (Å²) < 4.78 is 13.3. The van der Waals surface area contributed by atoms with Gasteiger partial charge in [0.05, 0.1) is 0 Å². The van der Waals surface area contributed by atoms with Gasteiger partial charge in [-0.2, -0.15) is 4.98 Å². The Bertz CT molecular complexity index is 586. The van der Waals surface area contributed by atoms with Crippen molar-refractivity contribution >= 4 is 17.5 Å². The summed E-state index contributed by atoms with van der Waals surface area (Å²) in [5.41, 5.74) is 1.63. The summed E-state index contributed by atoms with van der Waals surface area (Å²) in [5.74, 6) is 1.08. The number of nitrogens with zero attached hydrogens (tertiary/aromatic N) is 3. The van der Waals surface area contributed by atoms with E-state index in [2.05, 4.69) is 22.2 Å². The molecule has 2 aromatic rings. The Morgan fingerprint density at radius 3 is 2.75 bits per heavy atom. The average molecular weight is 274 g/mol. The summed E-state index contributed by atoms with van der Waals surface area (Å²) in [6.07, 6.45) is 1.01. The lowest BCUT2D eigenvalue weighted by molar-refractivity contribution is 0.628. The van der Waals surface area contributed by atoms with Crippen molar-refractivity contribution in [3.8, 4) is 0 Å². The zero-order chi connectivity index (χ0) is 14.5. The molecule has 0 spiro atoms. The maximum Gasteiger partial charge on any atom is 0.224 e. The molecule has 0 saturated carbocycles. The van der Waals surface area contributed by atoms with Gasteiger partial charge in [0.25, 0.3) is 0 Å². The van der Waals surface area contributed by atoms with Crippen LogP contribution in [0.5, 0.6) is 0 Å². The lowest BCUT2D eigenvalue weighted by atomic mass is 10.3. The van der Waals surface area contributed by atoms with Gasteiger partial charge in [0.1, 0.15) is 11.6 Å². The first kappa shape index (κ1) is 14.2. The summed E-state index contributed by atoms with van der Waals surface area (Å²) in [4.78, 5) is 10.6. The van der Waals surface area contributed by atoms with Crippen LogP contribution in [0.2, 0.25) is 0 Å². The van der Waals surface area contributed by atoms with Crippen LogP contribution in [0, 0.1) is 12.7 Å². The number of benzene rings is 1. The lowest BCUT2D eigenvalue weighted by Crippen LogP contribution is -2.14. The van der Waals surface area contributed by atoms with E-state index in [0.29, 0.717) is 5.95 Å². The highest BCUT2D eigenvalue weighted by atomic mass is 19.1. The molecule has 1 N–H and O–H groups in total. The monoisotopic (exact) mass is 274 g/mol. The van der Waals surface area contributed by atoms with E-state index in [9.17, 15) is 4.39 Å². The molecule has 0 aliphatic rings. The Morgan fingerprint density at radius 1 is 1.25 bits per heavy atom. The Kier molecular flexibility index (Phi) is 4.50. The summed E-state index contributed by atoms with van der Waals surface area (Å²) in [6.45, 7) is 4.83. The summed E-state index contributed by atoms with van der Waals surface area (Å²) >= 11 is 0. The van der Waals surface area contributed by atoms with Gasteiger partial charge in [-0.3, -0.25) is 0 Å². The molecule has 4 nitrogen and oxygen atoms in total. The fourth-order valence-corrected chi connectivity index (χ4v) is 1.86. The second kappa shape index (κ2) is 6.32. The number of aryl methyl sites for hydroxylation is 1. The fourth-order valence-electron chi connectivity index (χ4n) is 1.86. The van der Waals surface area contributed by atoms with Crippen molar-refractivity contribution in [2.75, 3.05) is 23.8 Å². The molecule has 1 heterocycles. The minimum Gasteiger partial charge on any atom is -0.354 e. The molecule has 1 aromatic heterocycles. The lowest BCUT2D eigenvalue weighted by Gasteiger charge is -2.19. The first-order valence-electron chi connectivity index (χ1n) is 6.69. The largest absolute Gasteiger partial charge is 0.354 e. The van der Waals surface area contributed by atoms with Crippen molar-refractivity contribution in [1.29, 1.82) is 0 Å². The number of hydrogen-bond acceptors (Lipinski definition) is 4. The molecule has 0 bridgehead atoms. The van der Waals surface area contributed by atoms with Crippen LogP contribution in [0.4, 0.5) is 21.8 Å². The predicted octanol–water partition coefficient (Wildman–Crippen LogP) is 3.51. The van der Waals surface area contributed by atoms with Gasteiger partial charge >= 0.3 is 0 Å². The van der Waals surface area contributed by atoms with Crippen LogP contribution in [0.1, 0.15) is 19.0 Å². The Hall–Kier alpha value is -2.17. The van der Waals surface area contributed by atoms with Gasteiger partial charge in [0.2, 0.25) is 5.95 Å². The smallest absolute Gasteiger partial charge is 0.224 e. The van der Waals surface area contributed by atoms with E-state index in [-0.39, 0.29) is 5.82 Å². The topological polar surface area (TPSA) is 41.1 Å². The van der Waals surface area contributed by atoms with Crippen LogP contribution in [-0.2, 0) is 0 Å². The molecule has 20 heavy (non-hydrogen) atoms. The Balaban J connectivity index is 2.29. The van der Waals surface area contributed by atoms with Crippen molar-refractivity contribution in [3.05, 3.63) is 41.8 Å². The first-order valence-corrected chi connectivity index (χ1v) is 6.69. The van der Waals surface area contributed by atoms with E-state index >= 15 is 0 Å². The molecule has 106 valence electrons. The highest BCUT2D eigenvalue weighted by molar-refractivity contribution is 5.60. The molecule has 0 radical (unpaired) electrons. The summed E-state index contributed by atoms with van der Waals surface area (Å²) in [6, 6.07) is 8.32. The fraction of sp³-hybridized carbons (Fsp3) is 0.333. The van der Waals surface area contributed by atoms with Crippen molar-refractivity contribution in [1.82, 2.24) is 9.97 Å². The molecule has 0 fully saturated rings. The molecular weight excluding hydrogens is 255 g/mol. The Labute approximate surface area is 118 Å². The van der Waals surface area contributed by atoms with Crippen LogP contribution in [-0.4, -0.2) is 23.6 Å². The standard InChI is InChI=1S/C15H19FN4/c1-4-8-17-15-18-11(2)9-14(19-15)20(3)13-7-5-6-12(16)10-13/h5-7,9-10H,4,8H2,1-3H3,(H,17,18,19). The minimum atomic E-state index is -0.260. The molecular formula is C15H19FN4. The van der Waals surface area contributed by atoms with E-state index in [1.54, 1.807) is 6.07 Å². The van der Waals surface area contributed by atoms with E-state index in [1.807, 2.05) is 31.0 Å². The highest BCUT2D eigenvalue weighted by Crippen LogP contribution is 2.23. The summed E-state index contributed by atoms with van der Waals surface area (Å²) in [5, 5.41) is 3.17. The SMILES string of the molecule is CCCNc1nc(C)cc(N(C)c2cccc(F)c2)n1. The van der Waals surface area contributed by atoms with Gasteiger partial charge in [-0.1, -0.05) is 13.0 Å². The zero-order valence-electron chi connectivity index (χ0n) is 12.0. The molecule has 0 atom stereocenters. The van der Waals surface area contributed by atoms with Crippen LogP contribution >= 0.6 is 0 Å². The third-order valence-corrected chi connectivity index (χ3v) is 2.91. The minimum absolute atomic E-state index is 0.260. The normalized spacial score (nSPS) is 10.4. The average Bonchev–Trinajstić information content (AvgIpc) is 2.43. The molecule has 1 aromatic carbocycles. The molecule has 0 aliphatic heterocycles. The molecule has 0 saturated heterocycles. The van der Waals surface area contributed by atoms with Crippen LogP contribution in [0.25, 0.3) is 0 Å². The number of anilines is 3. The number of rotatable bonds is 5. The number of hydrogen-bond donors (Lipinski definition) is 1. The molecule has 0 aliphatic carbocycles. The molecule has 2 rings (SSSR count). The van der Waals surface area contributed by atoms with Gasteiger partial charge in [0.15, 0.2) is 0 Å². The molecule has 0 unspecified atom stereocenters. The van der Waals surface area contributed by atoms with Crippen LogP contribution in [0.15, 0.2) is 30.3 Å².